The van der Waals surface area contributed by atoms with Gasteiger partial charge >= 0.3 is 5.97 Å². The number of carboxylic acids is 1. The lowest BCUT2D eigenvalue weighted by Crippen LogP contribution is -2.31. The maximum Gasteiger partial charge on any atom is 0.306 e. The molecule has 0 spiro atoms. The Morgan fingerprint density at radius 1 is 1.29 bits per heavy atom. The Balaban J connectivity index is 1.84. The largest absolute Gasteiger partial charge is 0.508 e. The van der Waals surface area contributed by atoms with Crippen molar-refractivity contribution in [1.82, 2.24) is 4.98 Å². The molecule has 1 heterocycles. The van der Waals surface area contributed by atoms with E-state index in [-0.39, 0.29) is 17.7 Å². The second-order valence-corrected chi connectivity index (χ2v) is 5.61. The number of fused-ring (bicyclic) bond motifs is 1. The summed E-state index contributed by atoms with van der Waals surface area (Å²) in [6.07, 6.45) is 4.94. The van der Waals surface area contributed by atoms with Crippen LogP contribution in [0.4, 0.5) is 5.82 Å². The van der Waals surface area contributed by atoms with E-state index < -0.39 is 5.97 Å². The monoisotopic (exact) mass is 286 g/mol. The Morgan fingerprint density at radius 2 is 2.14 bits per heavy atom. The number of benzene rings is 1. The van der Waals surface area contributed by atoms with Crippen LogP contribution in [-0.4, -0.2) is 27.2 Å². The van der Waals surface area contributed by atoms with Crippen LogP contribution in [0.1, 0.15) is 25.7 Å². The molecule has 5 nitrogen and oxygen atoms in total. The van der Waals surface area contributed by atoms with Gasteiger partial charge in [-0.05, 0) is 42.8 Å². The number of nitrogens with zero attached hydrogens (tertiary/aromatic N) is 1. The van der Waals surface area contributed by atoms with E-state index in [2.05, 4.69) is 10.3 Å². The van der Waals surface area contributed by atoms with Crippen LogP contribution in [0.2, 0.25) is 0 Å². The summed E-state index contributed by atoms with van der Waals surface area (Å²) >= 11 is 0. The van der Waals surface area contributed by atoms with Gasteiger partial charge in [0.15, 0.2) is 0 Å². The molecule has 110 valence electrons. The molecular formula is C16H18N2O3. The quantitative estimate of drug-likeness (QED) is 0.808. The van der Waals surface area contributed by atoms with Crippen molar-refractivity contribution in [3.63, 3.8) is 0 Å². The van der Waals surface area contributed by atoms with Crippen molar-refractivity contribution in [2.75, 3.05) is 5.32 Å². The fraction of sp³-hybridized carbons (Fsp3) is 0.375. The molecular weight excluding hydrogens is 268 g/mol. The number of phenols is 1. The predicted molar refractivity (Wildman–Crippen MR) is 80.4 cm³/mol. The third-order valence-electron chi connectivity index (χ3n) is 4.11. The van der Waals surface area contributed by atoms with Crippen LogP contribution in [0.15, 0.2) is 30.5 Å². The van der Waals surface area contributed by atoms with E-state index >= 15 is 0 Å². The molecule has 0 amide bonds. The Bertz CT molecular complexity index is 672. The first-order valence-corrected chi connectivity index (χ1v) is 7.20. The van der Waals surface area contributed by atoms with Gasteiger partial charge in [-0.2, -0.15) is 0 Å². The summed E-state index contributed by atoms with van der Waals surface area (Å²) in [4.78, 5) is 15.5. The molecule has 1 saturated carbocycles. The fourth-order valence-corrected chi connectivity index (χ4v) is 3.01. The molecule has 21 heavy (non-hydrogen) atoms. The maximum atomic E-state index is 11.1. The Kier molecular flexibility index (Phi) is 3.64. The number of rotatable bonds is 3. The van der Waals surface area contributed by atoms with Gasteiger partial charge in [0, 0.05) is 17.6 Å². The number of anilines is 1. The smallest absolute Gasteiger partial charge is 0.306 e. The Morgan fingerprint density at radius 3 is 2.95 bits per heavy atom. The lowest BCUT2D eigenvalue weighted by atomic mass is 9.86. The number of aromatic hydroxyl groups is 1. The van der Waals surface area contributed by atoms with Gasteiger partial charge < -0.3 is 15.5 Å². The van der Waals surface area contributed by atoms with Crippen molar-refractivity contribution in [2.45, 2.75) is 31.7 Å². The average Bonchev–Trinajstić information content (AvgIpc) is 2.48. The third kappa shape index (κ3) is 2.91. The molecule has 1 aliphatic rings. The first-order chi connectivity index (χ1) is 10.1. The van der Waals surface area contributed by atoms with Crippen LogP contribution in [-0.2, 0) is 4.79 Å². The average molecular weight is 286 g/mol. The lowest BCUT2D eigenvalue weighted by molar-refractivity contribution is -0.142. The summed E-state index contributed by atoms with van der Waals surface area (Å²) in [6.45, 7) is 0. The van der Waals surface area contributed by atoms with Gasteiger partial charge in [0.05, 0.1) is 5.92 Å². The van der Waals surface area contributed by atoms with Gasteiger partial charge in [-0.15, -0.1) is 0 Å². The second-order valence-electron chi connectivity index (χ2n) is 5.61. The highest BCUT2D eigenvalue weighted by atomic mass is 16.4. The number of phenolic OH excluding ortho intramolecular Hbond substituents is 1. The number of carbonyl (C=O) groups is 1. The zero-order chi connectivity index (χ0) is 14.8. The Hall–Kier alpha value is -2.30. The van der Waals surface area contributed by atoms with Crippen molar-refractivity contribution in [1.29, 1.82) is 0 Å². The standard InChI is InChI=1S/C16H18N2O3/c19-13-5-4-10-6-7-17-15(14(10)9-13)18-12-3-1-2-11(8-12)16(20)21/h4-7,9,11-12,19H,1-3,8H2,(H,17,18)(H,20,21). The van der Waals surface area contributed by atoms with Gasteiger partial charge in [-0.3, -0.25) is 4.79 Å². The summed E-state index contributed by atoms with van der Waals surface area (Å²) < 4.78 is 0. The van der Waals surface area contributed by atoms with E-state index in [1.54, 1.807) is 18.3 Å². The normalized spacial score (nSPS) is 22.1. The van der Waals surface area contributed by atoms with Crippen molar-refractivity contribution in [2.24, 2.45) is 5.92 Å². The van der Waals surface area contributed by atoms with Gasteiger partial charge in [-0.25, -0.2) is 4.98 Å². The lowest BCUT2D eigenvalue weighted by Gasteiger charge is -2.28. The molecule has 0 saturated heterocycles. The number of pyridine rings is 1. The molecule has 1 aliphatic carbocycles. The molecule has 5 heteroatoms. The van der Waals surface area contributed by atoms with Crippen molar-refractivity contribution >= 4 is 22.6 Å². The molecule has 0 radical (unpaired) electrons. The number of hydrogen-bond donors (Lipinski definition) is 3. The molecule has 1 fully saturated rings. The number of aliphatic carboxylic acids is 1. The molecule has 1 aromatic heterocycles. The van der Waals surface area contributed by atoms with Gasteiger partial charge in [0.1, 0.15) is 11.6 Å². The van der Waals surface area contributed by atoms with E-state index in [4.69, 9.17) is 5.11 Å². The summed E-state index contributed by atoms with van der Waals surface area (Å²) in [5, 5.41) is 24.0. The SMILES string of the molecule is O=C(O)C1CCCC(Nc2nccc3ccc(O)cc23)C1. The number of aromatic nitrogens is 1. The molecule has 0 aliphatic heterocycles. The number of hydrogen-bond acceptors (Lipinski definition) is 4. The topological polar surface area (TPSA) is 82.5 Å². The summed E-state index contributed by atoms with van der Waals surface area (Å²) in [7, 11) is 0. The molecule has 2 unspecified atom stereocenters. The first kappa shape index (κ1) is 13.7. The number of carboxylic acid groups (broad SMARTS) is 1. The maximum absolute atomic E-state index is 11.1. The van der Waals surface area contributed by atoms with Gasteiger partial charge in [-0.1, -0.05) is 12.5 Å². The molecule has 2 atom stereocenters. The third-order valence-corrected chi connectivity index (χ3v) is 4.11. The van der Waals surface area contributed by atoms with Crippen LogP contribution in [0.25, 0.3) is 10.8 Å². The van der Waals surface area contributed by atoms with E-state index in [0.717, 1.165) is 30.0 Å². The highest BCUT2D eigenvalue weighted by Gasteiger charge is 2.27. The zero-order valence-corrected chi connectivity index (χ0v) is 11.6. The van der Waals surface area contributed by atoms with E-state index in [9.17, 15) is 9.90 Å². The molecule has 2 aromatic rings. The molecule has 1 aromatic carbocycles. The van der Waals surface area contributed by atoms with Crippen molar-refractivity contribution in [3.05, 3.63) is 30.5 Å². The van der Waals surface area contributed by atoms with Gasteiger partial charge in [0.25, 0.3) is 0 Å². The molecule has 3 rings (SSSR count). The summed E-state index contributed by atoms with van der Waals surface area (Å²) in [5.74, 6) is -0.0882. The zero-order valence-electron chi connectivity index (χ0n) is 11.6. The van der Waals surface area contributed by atoms with Crippen LogP contribution in [0.3, 0.4) is 0 Å². The fourth-order valence-electron chi connectivity index (χ4n) is 3.01. The molecule has 3 N–H and O–H groups in total. The van der Waals surface area contributed by atoms with Crippen LogP contribution < -0.4 is 5.32 Å². The van der Waals surface area contributed by atoms with Gasteiger partial charge in [0.2, 0.25) is 0 Å². The Labute approximate surface area is 122 Å². The van der Waals surface area contributed by atoms with Crippen LogP contribution in [0, 0.1) is 5.92 Å². The van der Waals surface area contributed by atoms with Crippen molar-refractivity contribution in [3.8, 4) is 5.75 Å². The minimum Gasteiger partial charge on any atom is -0.508 e. The number of nitrogens with one attached hydrogen (secondary N) is 1. The van der Waals surface area contributed by atoms with Crippen LogP contribution in [0.5, 0.6) is 5.75 Å². The molecule has 0 bridgehead atoms. The highest BCUT2D eigenvalue weighted by Crippen LogP contribution is 2.30. The minimum atomic E-state index is -0.718. The van der Waals surface area contributed by atoms with E-state index in [1.165, 1.54) is 0 Å². The van der Waals surface area contributed by atoms with Crippen molar-refractivity contribution < 1.29 is 15.0 Å². The first-order valence-electron chi connectivity index (χ1n) is 7.20. The summed E-state index contributed by atoms with van der Waals surface area (Å²) in [6, 6.07) is 7.18. The summed E-state index contributed by atoms with van der Waals surface area (Å²) in [5.41, 5.74) is 0. The van der Waals surface area contributed by atoms with E-state index in [0.29, 0.717) is 12.2 Å². The van der Waals surface area contributed by atoms with E-state index in [1.807, 2.05) is 12.1 Å². The minimum absolute atomic E-state index is 0.111. The van der Waals surface area contributed by atoms with Crippen LogP contribution >= 0.6 is 0 Å². The second kappa shape index (κ2) is 5.60. The highest BCUT2D eigenvalue weighted by molar-refractivity contribution is 5.92. The predicted octanol–water partition coefficient (Wildman–Crippen LogP) is 3.00.